The van der Waals surface area contributed by atoms with Gasteiger partial charge in [-0.05, 0) is 54.1 Å². The van der Waals surface area contributed by atoms with E-state index in [0.29, 0.717) is 5.56 Å². The summed E-state index contributed by atoms with van der Waals surface area (Å²) in [6.07, 6.45) is 0. The highest BCUT2D eigenvalue weighted by molar-refractivity contribution is 7.79. The quantitative estimate of drug-likeness (QED) is 0.643. The maximum Gasteiger partial charge on any atom is 0.174 e. The lowest BCUT2D eigenvalue weighted by Crippen LogP contribution is -2.11. The van der Waals surface area contributed by atoms with Gasteiger partial charge in [-0.15, -0.1) is 0 Å². The molecule has 0 saturated carbocycles. The van der Waals surface area contributed by atoms with Gasteiger partial charge in [-0.1, -0.05) is 42.0 Å². The Kier molecular flexibility index (Phi) is 4.70. The molecule has 0 aliphatic carbocycles. The average Bonchev–Trinajstić information content (AvgIpc) is 2.37. The van der Waals surface area contributed by atoms with Crippen molar-refractivity contribution >= 4 is 16.9 Å². The number of carbonyl (C=O) groups excluding carboxylic acids is 1. The Balaban J connectivity index is 2.61. The molecule has 0 aliphatic heterocycles. The van der Waals surface area contributed by atoms with Crippen molar-refractivity contribution in [3.63, 3.8) is 0 Å². The number of ketones is 1. The van der Waals surface area contributed by atoms with E-state index in [-0.39, 0.29) is 5.78 Å². The maximum atomic E-state index is 12.1. The second-order valence-electron chi connectivity index (χ2n) is 5.19. The van der Waals surface area contributed by atoms with Gasteiger partial charge in [-0.2, -0.15) is 0 Å². The van der Waals surface area contributed by atoms with Crippen molar-refractivity contribution in [1.29, 1.82) is 0 Å². The smallest absolute Gasteiger partial charge is 0.174 e. The molecule has 2 aromatic carbocycles. The fourth-order valence-corrected chi connectivity index (χ4v) is 3.10. The van der Waals surface area contributed by atoms with Crippen LogP contribution in [-0.2, 0) is 11.1 Å². The molecule has 21 heavy (non-hydrogen) atoms. The Morgan fingerprint density at radius 2 is 1.67 bits per heavy atom. The van der Waals surface area contributed by atoms with E-state index in [1.807, 2.05) is 32.9 Å². The number of carbonyl (C=O) groups is 1. The molecule has 0 spiro atoms. The van der Waals surface area contributed by atoms with Gasteiger partial charge in [0.1, 0.15) is 0 Å². The van der Waals surface area contributed by atoms with E-state index in [9.17, 15) is 13.6 Å². The van der Waals surface area contributed by atoms with Crippen LogP contribution in [0.25, 0.3) is 11.1 Å². The van der Waals surface area contributed by atoms with E-state index >= 15 is 0 Å². The van der Waals surface area contributed by atoms with Crippen LogP contribution in [0, 0.1) is 20.8 Å². The van der Waals surface area contributed by atoms with Crippen molar-refractivity contribution in [2.75, 3.05) is 5.75 Å². The number of rotatable bonds is 4. The molecule has 1 atom stereocenters. The molecule has 110 valence electrons. The van der Waals surface area contributed by atoms with Crippen LogP contribution in [-0.4, -0.2) is 20.3 Å². The zero-order valence-electron chi connectivity index (χ0n) is 12.3. The normalized spacial score (nSPS) is 12.2. The van der Waals surface area contributed by atoms with E-state index in [4.69, 9.17) is 0 Å². The Labute approximate surface area is 127 Å². The Morgan fingerprint density at radius 3 is 2.24 bits per heavy atom. The number of aryl methyl sites for hydroxylation is 3. The van der Waals surface area contributed by atoms with Gasteiger partial charge >= 0.3 is 0 Å². The summed E-state index contributed by atoms with van der Waals surface area (Å²) in [5.41, 5.74) is 5.58. The molecule has 0 radical (unpaired) electrons. The number of Topliss-reactive ketones (excluding diaryl/α,β-unsaturated/α-hetero) is 1. The van der Waals surface area contributed by atoms with E-state index < -0.39 is 16.8 Å². The van der Waals surface area contributed by atoms with Crippen LogP contribution >= 0.6 is 0 Å². The van der Waals surface area contributed by atoms with Crippen LogP contribution in [0.4, 0.5) is 0 Å². The molecular formula is C17H17O3S-. The van der Waals surface area contributed by atoms with Crippen LogP contribution in [0.1, 0.15) is 27.0 Å². The highest BCUT2D eigenvalue weighted by Crippen LogP contribution is 2.31. The van der Waals surface area contributed by atoms with Crippen LogP contribution < -0.4 is 0 Å². The molecule has 0 fully saturated rings. The maximum absolute atomic E-state index is 12.1. The molecule has 0 bridgehead atoms. The summed E-state index contributed by atoms with van der Waals surface area (Å²) >= 11 is -2.37. The van der Waals surface area contributed by atoms with Crippen LogP contribution in [0.2, 0.25) is 0 Å². The lowest BCUT2D eigenvalue weighted by molar-refractivity contribution is 0.102. The molecule has 4 heteroatoms. The zero-order chi connectivity index (χ0) is 15.6. The molecule has 0 heterocycles. The van der Waals surface area contributed by atoms with Crippen LogP contribution in [0.5, 0.6) is 0 Å². The highest BCUT2D eigenvalue weighted by atomic mass is 32.2. The molecule has 0 amide bonds. The van der Waals surface area contributed by atoms with Crippen molar-refractivity contribution in [2.24, 2.45) is 0 Å². The first-order valence-electron chi connectivity index (χ1n) is 6.66. The molecule has 3 nitrogen and oxygen atoms in total. The van der Waals surface area contributed by atoms with E-state index in [2.05, 4.69) is 12.1 Å². The summed E-state index contributed by atoms with van der Waals surface area (Å²) in [5, 5.41) is 0. The second-order valence-corrected chi connectivity index (χ2v) is 6.09. The topological polar surface area (TPSA) is 57.2 Å². The Hall–Kier alpha value is -1.78. The predicted octanol–water partition coefficient (Wildman–Crippen LogP) is 3.34. The fourth-order valence-electron chi connectivity index (χ4n) is 2.73. The SMILES string of the molecule is Cc1cc(C)c(-c2ccccc2C(=O)CS(=O)[O-])c(C)c1. The Morgan fingerprint density at radius 1 is 1.10 bits per heavy atom. The molecule has 0 aromatic heterocycles. The average molecular weight is 301 g/mol. The lowest BCUT2D eigenvalue weighted by Gasteiger charge is -2.15. The molecule has 1 unspecified atom stereocenters. The second kappa shape index (κ2) is 6.33. The van der Waals surface area contributed by atoms with Gasteiger partial charge in [0, 0.05) is 5.56 Å². The zero-order valence-corrected chi connectivity index (χ0v) is 13.1. The summed E-state index contributed by atoms with van der Waals surface area (Å²) in [4.78, 5) is 12.1. The fraction of sp³-hybridized carbons (Fsp3) is 0.235. The van der Waals surface area contributed by atoms with Crippen molar-refractivity contribution < 1.29 is 13.6 Å². The first kappa shape index (κ1) is 15.6. The summed E-state index contributed by atoms with van der Waals surface area (Å²) in [6, 6.07) is 11.3. The molecule has 2 aromatic rings. The van der Waals surface area contributed by atoms with Gasteiger partial charge in [-0.3, -0.25) is 9.00 Å². The minimum absolute atomic E-state index is 0.377. The predicted molar refractivity (Wildman–Crippen MR) is 84.2 cm³/mol. The lowest BCUT2D eigenvalue weighted by atomic mass is 9.90. The molecule has 2 rings (SSSR count). The van der Waals surface area contributed by atoms with Crippen LogP contribution in [0.3, 0.4) is 0 Å². The Bertz CT molecular complexity index is 697. The summed E-state index contributed by atoms with van der Waals surface area (Å²) in [7, 11) is 0. The molecule has 0 N–H and O–H groups in total. The van der Waals surface area contributed by atoms with Crippen molar-refractivity contribution in [1.82, 2.24) is 0 Å². The first-order valence-corrected chi connectivity index (χ1v) is 7.91. The highest BCUT2D eigenvalue weighted by Gasteiger charge is 2.15. The minimum Gasteiger partial charge on any atom is -0.772 e. The van der Waals surface area contributed by atoms with E-state index in [0.717, 1.165) is 22.3 Å². The monoisotopic (exact) mass is 301 g/mol. The van der Waals surface area contributed by atoms with Gasteiger partial charge in [-0.25, -0.2) is 0 Å². The number of hydrogen-bond acceptors (Lipinski definition) is 3. The third-order valence-corrected chi connectivity index (χ3v) is 3.92. The van der Waals surface area contributed by atoms with E-state index in [1.54, 1.807) is 12.1 Å². The van der Waals surface area contributed by atoms with Gasteiger partial charge in [0.05, 0.1) is 5.75 Å². The largest absolute Gasteiger partial charge is 0.772 e. The van der Waals surface area contributed by atoms with Gasteiger partial charge in [0.15, 0.2) is 5.78 Å². The third kappa shape index (κ3) is 3.46. The van der Waals surface area contributed by atoms with Crippen molar-refractivity contribution in [2.45, 2.75) is 20.8 Å². The van der Waals surface area contributed by atoms with E-state index in [1.165, 1.54) is 5.56 Å². The minimum atomic E-state index is -2.37. The third-order valence-electron chi connectivity index (χ3n) is 3.42. The molecular weight excluding hydrogens is 284 g/mol. The van der Waals surface area contributed by atoms with Gasteiger partial charge < -0.3 is 4.55 Å². The van der Waals surface area contributed by atoms with Crippen molar-refractivity contribution in [3.05, 3.63) is 58.7 Å². The van der Waals surface area contributed by atoms with Gasteiger partial charge in [0.25, 0.3) is 0 Å². The van der Waals surface area contributed by atoms with Crippen LogP contribution in [0.15, 0.2) is 36.4 Å². The molecule has 0 saturated heterocycles. The molecule has 0 aliphatic rings. The number of benzene rings is 2. The summed E-state index contributed by atoms with van der Waals surface area (Å²) in [6.45, 7) is 6.03. The standard InChI is InChI=1S/C17H18O3S/c1-11-8-12(2)17(13(3)9-11)15-7-5-4-6-14(15)16(18)10-21(19)20/h4-9H,10H2,1-3H3,(H,19,20)/p-1. The summed E-state index contributed by atoms with van der Waals surface area (Å²) in [5.74, 6) is -0.862. The first-order chi connectivity index (χ1) is 9.90. The number of hydrogen-bond donors (Lipinski definition) is 0. The van der Waals surface area contributed by atoms with Crippen molar-refractivity contribution in [3.8, 4) is 11.1 Å². The van der Waals surface area contributed by atoms with Gasteiger partial charge in [0.2, 0.25) is 0 Å². The summed E-state index contributed by atoms with van der Waals surface area (Å²) < 4.78 is 21.6.